The van der Waals surface area contributed by atoms with Crippen molar-refractivity contribution in [1.82, 2.24) is 19.7 Å². The molecule has 15 nitrogen and oxygen atoms in total. The van der Waals surface area contributed by atoms with E-state index in [9.17, 15) is 24.8 Å². The maximum atomic E-state index is 14.1. The molecule has 0 aromatic carbocycles. The van der Waals surface area contributed by atoms with Crippen LogP contribution in [0, 0.1) is 17.2 Å². The highest BCUT2D eigenvalue weighted by molar-refractivity contribution is 7.51. The summed E-state index contributed by atoms with van der Waals surface area (Å²) in [7, 11) is -4.24. The van der Waals surface area contributed by atoms with E-state index in [0.717, 1.165) is 25.7 Å². The number of aliphatic hydroxyl groups is 2. The molecular formula is C40H69N6O9P. The number of nitrogens with one attached hydrogen (secondary N) is 1. The van der Waals surface area contributed by atoms with Crippen LogP contribution < -0.4 is 10.8 Å². The normalized spacial score (nSPS) is 21.4. The Morgan fingerprint density at radius 3 is 2.18 bits per heavy atom. The zero-order valence-electron chi connectivity index (χ0n) is 34.2. The number of carbonyl (C=O) groups excluding carboxylic acids is 1. The second-order valence-electron chi connectivity index (χ2n) is 15.0. The fourth-order valence-electron chi connectivity index (χ4n) is 6.82. The van der Waals surface area contributed by atoms with Crippen LogP contribution in [0.15, 0.2) is 18.5 Å². The molecule has 56 heavy (non-hydrogen) atoms. The lowest BCUT2D eigenvalue weighted by Crippen LogP contribution is -2.41. The Kier molecular flexibility index (Phi) is 21.8. The number of hydrogen-bond donors (Lipinski definition) is 4. The number of fused-ring (bicyclic) bond motifs is 1. The number of ether oxygens (including phenoxy) is 3. The van der Waals surface area contributed by atoms with E-state index in [1.165, 1.54) is 101 Å². The van der Waals surface area contributed by atoms with E-state index in [-0.39, 0.29) is 30.6 Å². The zero-order chi connectivity index (χ0) is 40.8. The minimum atomic E-state index is -4.24. The first-order valence-electron chi connectivity index (χ1n) is 21.0. The zero-order valence-corrected chi connectivity index (χ0v) is 35.1. The third-order valence-electron chi connectivity index (χ3n) is 10.6. The maximum Gasteiger partial charge on any atom is 0.406 e. The van der Waals surface area contributed by atoms with Crippen LogP contribution in [-0.4, -0.2) is 88.2 Å². The van der Waals surface area contributed by atoms with Crippen LogP contribution in [0.3, 0.4) is 0 Å². The SMILES string of the molecule is CCCCCCCCCCCCCCCCOCCCO[P@@](=O)(N[C@@H](C)C(=O)OCC(CC)CC)OC[C@H]1O[C@@](C#N)(c2ccc3c(N)ncnn23)[C@H](O)[C@@H]1O. The maximum absolute atomic E-state index is 14.1. The standard InChI is InChI=1S/C40H69N6O9P/c1-5-8-9-10-11-12-13-14-15-16-17-18-19-20-24-51-25-21-26-53-56(50,45-31(4)39(49)52-27-32(6-2)7-3)54-28-34-36(47)37(48)40(29-41,55-34)35-23-22-33-38(42)43-30-44-46(33)35/h22-23,30-32,34,36-37,47-48H,5-21,24-28H2,1-4H3,(H,45,50)(H2,42,43,44)/t31-,34+,36+,37+,40-,56-/m0/s1. The second-order valence-corrected chi connectivity index (χ2v) is 16.7. The van der Waals surface area contributed by atoms with Crippen LogP contribution in [0.4, 0.5) is 5.82 Å². The first kappa shape index (κ1) is 47.7. The minimum Gasteiger partial charge on any atom is -0.464 e. The van der Waals surface area contributed by atoms with E-state index in [4.69, 9.17) is 29.0 Å². The number of aliphatic hydroxyl groups excluding tert-OH is 2. The number of carbonyl (C=O) groups is 1. The molecule has 1 fully saturated rings. The fraction of sp³-hybridized carbons (Fsp3) is 0.800. The Hall–Kier alpha value is -2.67. The molecule has 0 spiro atoms. The van der Waals surface area contributed by atoms with Crippen LogP contribution >= 0.6 is 7.75 Å². The van der Waals surface area contributed by atoms with E-state index >= 15 is 0 Å². The molecule has 0 amide bonds. The van der Waals surface area contributed by atoms with Gasteiger partial charge in [-0.25, -0.2) is 19.2 Å². The van der Waals surface area contributed by atoms with Crippen molar-refractivity contribution in [1.29, 1.82) is 5.26 Å². The Morgan fingerprint density at radius 2 is 1.57 bits per heavy atom. The summed E-state index contributed by atoms with van der Waals surface area (Å²) in [5.41, 5.74) is 4.36. The van der Waals surface area contributed by atoms with Gasteiger partial charge in [-0.05, 0) is 37.8 Å². The van der Waals surface area contributed by atoms with Crippen molar-refractivity contribution in [3.63, 3.8) is 0 Å². The predicted octanol–water partition coefficient (Wildman–Crippen LogP) is 7.14. The van der Waals surface area contributed by atoms with Gasteiger partial charge in [0.05, 0.1) is 25.5 Å². The molecule has 0 unspecified atom stereocenters. The molecule has 3 heterocycles. The van der Waals surface area contributed by atoms with Gasteiger partial charge in [0.2, 0.25) is 5.60 Å². The van der Waals surface area contributed by atoms with Gasteiger partial charge in [0.25, 0.3) is 0 Å². The summed E-state index contributed by atoms with van der Waals surface area (Å²) < 4.78 is 44.1. The van der Waals surface area contributed by atoms with Gasteiger partial charge < -0.3 is 30.2 Å². The molecule has 0 radical (unpaired) electrons. The number of anilines is 1. The van der Waals surface area contributed by atoms with Crippen LogP contribution in [-0.2, 0) is 38.2 Å². The third-order valence-corrected chi connectivity index (χ3v) is 12.3. The van der Waals surface area contributed by atoms with Gasteiger partial charge in [0, 0.05) is 13.2 Å². The van der Waals surface area contributed by atoms with E-state index < -0.39 is 50.3 Å². The number of aromatic nitrogens is 3. The summed E-state index contributed by atoms with van der Waals surface area (Å²) in [6.07, 6.45) is 16.6. The van der Waals surface area contributed by atoms with Crippen molar-refractivity contribution in [2.45, 2.75) is 167 Å². The Bertz CT molecular complexity index is 1500. The number of nitriles is 1. The molecule has 6 atom stereocenters. The van der Waals surface area contributed by atoms with Gasteiger partial charge in [-0.1, -0.05) is 117 Å². The number of nitrogen functional groups attached to an aromatic ring is 1. The molecule has 1 aliphatic rings. The first-order valence-corrected chi connectivity index (χ1v) is 22.5. The average molecular weight is 809 g/mol. The molecule has 1 aliphatic heterocycles. The number of nitrogens with zero attached hydrogens (tertiary/aromatic N) is 4. The minimum absolute atomic E-state index is 0.0192. The summed E-state index contributed by atoms with van der Waals surface area (Å²) in [4.78, 5) is 16.8. The van der Waals surface area contributed by atoms with E-state index in [1.54, 1.807) is 6.07 Å². The molecule has 1 saturated heterocycles. The second kappa shape index (κ2) is 25.6. The number of esters is 1. The third kappa shape index (κ3) is 14.6. The summed E-state index contributed by atoms with van der Waals surface area (Å²) in [6.45, 7) is 8.43. The van der Waals surface area contributed by atoms with Gasteiger partial charge >= 0.3 is 13.7 Å². The molecule has 2 aromatic rings. The molecule has 0 aliphatic carbocycles. The lowest BCUT2D eigenvalue weighted by atomic mass is 9.92. The number of rotatable bonds is 31. The molecule has 16 heteroatoms. The van der Waals surface area contributed by atoms with Crippen molar-refractivity contribution in [2.75, 3.05) is 38.8 Å². The fourth-order valence-corrected chi connectivity index (χ4v) is 8.34. The topological polar surface area (TPSA) is 213 Å². The first-order chi connectivity index (χ1) is 27.1. The summed E-state index contributed by atoms with van der Waals surface area (Å²) in [5, 5.41) is 39.2. The van der Waals surface area contributed by atoms with E-state index in [2.05, 4.69) is 22.1 Å². The highest BCUT2D eigenvalue weighted by Crippen LogP contribution is 2.47. The van der Waals surface area contributed by atoms with Gasteiger partial charge in [-0.2, -0.15) is 10.4 Å². The summed E-state index contributed by atoms with van der Waals surface area (Å²) >= 11 is 0. The van der Waals surface area contributed by atoms with Gasteiger partial charge in [-0.15, -0.1) is 0 Å². The van der Waals surface area contributed by atoms with Crippen molar-refractivity contribution in [2.24, 2.45) is 5.92 Å². The molecule has 318 valence electrons. The smallest absolute Gasteiger partial charge is 0.406 e. The predicted molar refractivity (Wildman–Crippen MR) is 214 cm³/mol. The Morgan fingerprint density at radius 1 is 0.964 bits per heavy atom. The quantitative estimate of drug-likeness (QED) is 0.0339. The lowest BCUT2D eigenvalue weighted by Gasteiger charge is -2.25. The Labute approximate surface area is 333 Å². The molecule has 2 aromatic heterocycles. The highest BCUT2D eigenvalue weighted by Gasteiger charge is 2.58. The van der Waals surface area contributed by atoms with Crippen LogP contribution in [0.25, 0.3) is 5.52 Å². The Balaban J connectivity index is 1.47. The molecule has 5 N–H and O–H groups in total. The lowest BCUT2D eigenvalue weighted by molar-refractivity contribution is -0.146. The summed E-state index contributed by atoms with van der Waals surface area (Å²) in [5.74, 6) is -0.286. The van der Waals surface area contributed by atoms with E-state index in [0.29, 0.717) is 25.2 Å². The van der Waals surface area contributed by atoms with Crippen LogP contribution in [0.1, 0.15) is 143 Å². The highest BCUT2D eigenvalue weighted by atomic mass is 31.2. The van der Waals surface area contributed by atoms with Gasteiger partial charge in [0.15, 0.2) is 5.82 Å². The van der Waals surface area contributed by atoms with Crippen LogP contribution in [0.5, 0.6) is 0 Å². The van der Waals surface area contributed by atoms with Crippen molar-refractivity contribution in [3.05, 3.63) is 24.2 Å². The number of hydrogen-bond acceptors (Lipinski definition) is 13. The van der Waals surface area contributed by atoms with Crippen molar-refractivity contribution >= 4 is 25.1 Å². The van der Waals surface area contributed by atoms with Gasteiger partial charge in [0.1, 0.15) is 42.3 Å². The van der Waals surface area contributed by atoms with Crippen molar-refractivity contribution < 1.29 is 42.8 Å². The number of unbranched alkanes of at least 4 members (excludes halogenated alkanes) is 13. The van der Waals surface area contributed by atoms with Crippen molar-refractivity contribution in [3.8, 4) is 6.07 Å². The molecular weight excluding hydrogens is 739 g/mol. The number of nitrogens with two attached hydrogens (primary N) is 1. The average Bonchev–Trinajstić information content (AvgIpc) is 3.74. The molecule has 0 bridgehead atoms. The van der Waals surface area contributed by atoms with Crippen LogP contribution in [0.2, 0.25) is 0 Å². The van der Waals surface area contributed by atoms with Gasteiger partial charge in [-0.3, -0.25) is 13.8 Å². The summed E-state index contributed by atoms with van der Waals surface area (Å²) in [6, 6.07) is 3.96. The largest absolute Gasteiger partial charge is 0.464 e. The van der Waals surface area contributed by atoms with E-state index in [1.807, 2.05) is 19.9 Å². The molecule has 0 saturated carbocycles. The molecule has 3 rings (SSSR count). The monoisotopic (exact) mass is 808 g/mol.